The van der Waals surface area contributed by atoms with Gasteiger partial charge < -0.3 is 15.2 Å². The Bertz CT molecular complexity index is 738. The molecule has 5 nitrogen and oxygen atoms in total. The van der Waals surface area contributed by atoms with Gasteiger partial charge in [0.1, 0.15) is 17.9 Å². The first-order valence-electron chi connectivity index (χ1n) is 6.94. The average Bonchev–Trinajstić information content (AvgIpc) is 2.78. The van der Waals surface area contributed by atoms with Crippen LogP contribution in [0.15, 0.2) is 24.3 Å². The highest BCUT2D eigenvalue weighted by atomic mass is 35.5. The average molecular weight is 354 g/mol. The number of benzene rings is 1. The molecule has 1 heterocycles. The lowest BCUT2D eigenvalue weighted by Crippen LogP contribution is -2.20. The van der Waals surface area contributed by atoms with E-state index in [0.29, 0.717) is 40.5 Å². The summed E-state index contributed by atoms with van der Waals surface area (Å²) in [6.45, 7) is 2.63. The second-order valence-electron chi connectivity index (χ2n) is 5.11. The second kappa shape index (κ2) is 7.60. The number of ether oxygens (including phenoxy) is 2. The van der Waals surface area contributed by atoms with E-state index >= 15 is 0 Å². The van der Waals surface area contributed by atoms with Gasteiger partial charge in [0.15, 0.2) is 0 Å². The first kappa shape index (κ1) is 17.5. The summed E-state index contributed by atoms with van der Waals surface area (Å²) in [6.07, 6.45) is -0.205. The Morgan fingerprint density at radius 2 is 2.09 bits per heavy atom. The molecule has 0 spiro atoms. The van der Waals surface area contributed by atoms with Crippen molar-refractivity contribution in [1.29, 1.82) is 5.26 Å². The molecule has 0 unspecified atom stereocenters. The zero-order valence-corrected chi connectivity index (χ0v) is 14.4. The predicted octanol–water partition coefficient (Wildman–Crippen LogP) is 3.71. The molecule has 0 saturated heterocycles. The zero-order chi connectivity index (χ0) is 17.0. The van der Waals surface area contributed by atoms with Gasteiger partial charge >= 0.3 is 0 Å². The summed E-state index contributed by atoms with van der Waals surface area (Å²) in [5.74, 6) is 0.428. The SMILES string of the molecule is COC[C@H](C)Oc1c(N)cc(C#N)n1Cc1ccc(Cl)cc1Cl. The summed E-state index contributed by atoms with van der Waals surface area (Å²) in [7, 11) is 1.59. The number of nitrogens with two attached hydrogens (primary N) is 1. The molecule has 122 valence electrons. The number of anilines is 1. The fraction of sp³-hybridized carbons (Fsp3) is 0.312. The van der Waals surface area contributed by atoms with Crippen LogP contribution in [0.3, 0.4) is 0 Å². The van der Waals surface area contributed by atoms with Crippen LogP contribution in [0.2, 0.25) is 10.0 Å². The van der Waals surface area contributed by atoms with Gasteiger partial charge in [0.2, 0.25) is 5.88 Å². The molecule has 23 heavy (non-hydrogen) atoms. The Labute approximate surface area is 145 Å². The number of methoxy groups -OCH3 is 1. The van der Waals surface area contributed by atoms with E-state index in [4.69, 9.17) is 38.4 Å². The topological polar surface area (TPSA) is 73.2 Å². The highest BCUT2D eigenvalue weighted by molar-refractivity contribution is 6.35. The lowest BCUT2D eigenvalue weighted by Gasteiger charge is -2.17. The third-order valence-corrected chi connectivity index (χ3v) is 3.83. The minimum Gasteiger partial charge on any atom is -0.472 e. The van der Waals surface area contributed by atoms with Crippen molar-refractivity contribution in [2.24, 2.45) is 0 Å². The molecule has 2 aromatic rings. The van der Waals surface area contributed by atoms with Crippen LogP contribution < -0.4 is 10.5 Å². The number of nitriles is 1. The normalized spacial score (nSPS) is 12.0. The molecule has 2 N–H and O–H groups in total. The molecule has 0 amide bonds. The summed E-state index contributed by atoms with van der Waals surface area (Å²) in [4.78, 5) is 0. The van der Waals surface area contributed by atoms with Gasteiger partial charge in [0.25, 0.3) is 0 Å². The van der Waals surface area contributed by atoms with Crippen molar-refractivity contribution >= 4 is 28.9 Å². The zero-order valence-electron chi connectivity index (χ0n) is 12.8. The molecule has 0 aliphatic heterocycles. The van der Waals surface area contributed by atoms with Gasteiger partial charge in [-0.05, 0) is 24.6 Å². The van der Waals surface area contributed by atoms with Gasteiger partial charge in [0, 0.05) is 23.2 Å². The maximum atomic E-state index is 9.32. The van der Waals surface area contributed by atoms with Crippen LogP contribution in [-0.4, -0.2) is 24.4 Å². The second-order valence-corrected chi connectivity index (χ2v) is 5.95. The predicted molar refractivity (Wildman–Crippen MR) is 91.1 cm³/mol. The third kappa shape index (κ3) is 4.11. The van der Waals surface area contributed by atoms with Gasteiger partial charge in [-0.2, -0.15) is 5.26 Å². The summed E-state index contributed by atoms with van der Waals surface area (Å²) in [6, 6.07) is 8.91. The maximum absolute atomic E-state index is 9.32. The van der Waals surface area contributed by atoms with Crippen molar-refractivity contribution in [3.63, 3.8) is 0 Å². The molecular weight excluding hydrogens is 337 g/mol. The van der Waals surface area contributed by atoms with Crippen molar-refractivity contribution < 1.29 is 9.47 Å². The molecular formula is C16H17Cl2N3O2. The van der Waals surface area contributed by atoms with E-state index in [2.05, 4.69) is 6.07 Å². The van der Waals surface area contributed by atoms with Crippen molar-refractivity contribution in [2.45, 2.75) is 19.6 Å². The lowest BCUT2D eigenvalue weighted by atomic mass is 10.2. The molecule has 0 radical (unpaired) electrons. The van der Waals surface area contributed by atoms with Gasteiger partial charge in [0.05, 0.1) is 18.8 Å². The number of hydrogen-bond donors (Lipinski definition) is 1. The molecule has 0 aliphatic rings. The minimum absolute atomic E-state index is 0.205. The summed E-state index contributed by atoms with van der Waals surface area (Å²) in [5.41, 5.74) is 7.59. The number of rotatable bonds is 6. The highest BCUT2D eigenvalue weighted by Gasteiger charge is 2.18. The Morgan fingerprint density at radius 1 is 1.35 bits per heavy atom. The quantitative estimate of drug-likeness (QED) is 0.858. The van der Waals surface area contributed by atoms with Crippen LogP contribution in [0.25, 0.3) is 0 Å². The van der Waals surface area contributed by atoms with Crippen molar-refractivity contribution in [3.05, 3.63) is 45.6 Å². The summed E-state index contributed by atoms with van der Waals surface area (Å²) in [5, 5.41) is 10.4. The number of halogens is 2. The fourth-order valence-electron chi connectivity index (χ4n) is 2.21. The minimum atomic E-state index is -0.205. The molecule has 0 bridgehead atoms. The van der Waals surface area contributed by atoms with Crippen molar-refractivity contribution in [3.8, 4) is 11.9 Å². The third-order valence-electron chi connectivity index (χ3n) is 3.25. The number of hydrogen-bond acceptors (Lipinski definition) is 4. The highest BCUT2D eigenvalue weighted by Crippen LogP contribution is 2.30. The van der Waals surface area contributed by atoms with Gasteiger partial charge in [-0.25, -0.2) is 0 Å². The van der Waals surface area contributed by atoms with E-state index < -0.39 is 0 Å². The van der Waals surface area contributed by atoms with E-state index in [1.54, 1.807) is 29.9 Å². The monoisotopic (exact) mass is 353 g/mol. The van der Waals surface area contributed by atoms with E-state index in [-0.39, 0.29) is 6.10 Å². The van der Waals surface area contributed by atoms with Crippen LogP contribution in [0.5, 0.6) is 5.88 Å². The maximum Gasteiger partial charge on any atom is 0.219 e. The van der Waals surface area contributed by atoms with Gasteiger partial charge in [-0.3, -0.25) is 4.57 Å². The van der Waals surface area contributed by atoms with E-state index in [0.717, 1.165) is 5.56 Å². The number of nitrogens with zero attached hydrogens (tertiary/aromatic N) is 2. The lowest BCUT2D eigenvalue weighted by molar-refractivity contribution is 0.0869. The number of nitrogen functional groups attached to an aromatic ring is 1. The molecule has 1 atom stereocenters. The largest absolute Gasteiger partial charge is 0.472 e. The van der Waals surface area contributed by atoms with Crippen LogP contribution in [0.1, 0.15) is 18.2 Å². The first-order valence-corrected chi connectivity index (χ1v) is 7.70. The van der Waals surface area contributed by atoms with Crippen LogP contribution in [-0.2, 0) is 11.3 Å². The Balaban J connectivity index is 2.38. The van der Waals surface area contributed by atoms with E-state index in [1.165, 1.54) is 0 Å². The Morgan fingerprint density at radius 3 is 2.70 bits per heavy atom. The van der Waals surface area contributed by atoms with Crippen LogP contribution >= 0.6 is 23.2 Å². The molecule has 1 aromatic carbocycles. The smallest absolute Gasteiger partial charge is 0.219 e. The molecule has 0 saturated carbocycles. The molecule has 2 rings (SSSR count). The molecule has 0 fully saturated rings. The molecule has 0 aliphatic carbocycles. The van der Waals surface area contributed by atoms with Crippen molar-refractivity contribution in [1.82, 2.24) is 4.57 Å². The first-order chi connectivity index (χ1) is 11.0. The summed E-state index contributed by atoms with van der Waals surface area (Å²) < 4.78 is 12.6. The number of aromatic nitrogens is 1. The molecule has 7 heteroatoms. The van der Waals surface area contributed by atoms with Crippen LogP contribution in [0.4, 0.5) is 5.69 Å². The van der Waals surface area contributed by atoms with E-state index in [9.17, 15) is 5.26 Å². The standard InChI is InChI=1S/C16H17Cl2N3O2/c1-10(9-22-2)23-16-15(20)6-13(7-19)21(16)8-11-3-4-12(17)5-14(11)18/h3-6,10H,8-9,20H2,1-2H3/t10-/m0/s1. The fourth-order valence-corrected chi connectivity index (χ4v) is 2.68. The summed E-state index contributed by atoms with van der Waals surface area (Å²) >= 11 is 12.1. The molecule has 1 aromatic heterocycles. The van der Waals surface area contributed by atoms with Gasteiger partial charge in [-0.15, -0.1) is 0 Å². The van der Waals surface area contributed by atoms with Gasteiger partial charge in [-0.1, -0.05) is 29.3 Å². The van der Waals surface area contributed by atoms with Crippen LogP contribution in [0, 0.1) is 11.3 Å². The van der Waals surface area contributed by atoms with Crippen molar-refractivity contribution in [2.75, 3.05) is 19.5 Å². The Kier molecular flexibility index (Phi) is 5.78. The Hall–Kier alpha value is -1.87. The van der Waals surface area contributed by atoms with E-state index in [1.807, 2.05) is 13.0 Å².